The van der Waals surface area contributed by atoms with Crippen molar-refractivity contribution in [3.8, 4) is 0 Å². The summed E-state index contributed by atoms with van der Waals surface area (Å²) in [5, 5.41) is 2.84. The molecule has 0 radical (unpaired) electrons. The Balaban J connectivity index is 2.57. The van der Waals surface area contributed by atoms with Gasteiger partial charge in [-0.25, -0.2) is 4.39 Å². The summed E-state index contributed by atoms with van der Waals surface area (Å²) in [6, 6.07) is 4.67. The fourth-order valence-electron chi connectivity index (χ4n) is 2.13. The molecule has 5 heteroatoms. The lowest BCUT2D eigenvalue weighted by molar-refractivity contribution is -0.159. The molecule has 3 nitrogen and oxygen atoms in total. The van der Waals surface area contributed by atoms with Crippen LogP contribution in [0.5, 0.6) is 0 Å². The van der Waals surface area contributed by atoms with Crippen molar-refractivity contribution in [2.75, 3.05) is 6.61 Å². The third-order valence-electron chi connectivity index (χ3n) is 3.62. The average molecular weight is 316 g/mol. The zero-order chi connectivity index (χ0) is 13.6. The summed E-state index contributed by atoms with van der Waals surface area (Å²) in [5.74, 6) is -0.601. The molecule has 0 saturated carbocycles. The molecule has 0 aromatic heterocycles. The molecule has 1 amide bonds. The fourth-order valence-corrected chi connectivity index (χ4v) is 2.49. The van der Waals surface area contributed by atoms with Gasteiger partial charge < -0.3 is 10.1 Å². The van der Waals surface area contributed by atoms with Gasteiger partial charge in [-0.15, -0.1) is 0 Å². The number of hydrogen-bond donors (Lipinski definition) is 1. The summed E-state index contributed by atoms with van der Waals surface area (Å²) in [6.07, 6.45) is 0. The Kier molecular flexibility index (Phi) is 3.23. The molecule has 0 bridgehead atoms. The van der Waals surface area contributed by atoms with Crippen LogP contribution < -0.4 is 5.32 Å². The first kappa shape index (κ1) is 13.5. The molecule has 1 heterocycles. The maximum absolute atomic E-state index is 14.0. The number of halogens is 2. The van der Waals surface area contributed by atoms with Crippen LogP contribution in [0.25, 0.3) is 0 Å². The van der Waals surface area contributed by atoms with Gasteiger partial charge in [-0.2, -0.15) is 0 Å². The Morgan fingerprint density at radius 2 is 2.06 bits per heavy atom. The quantitative estimate of drug-likeness (QED) is 0.865. The van der Waals surface area contributed by atoms with Crippen molar-refractivity contribution in [3.63, 3.8) is 0 Å². The molecule has 0 aliphatic carbocycles. The first-order chi connectivity index (χ1) is 8.26. The fraction of sp³-hybridized carbons (Fsp3) is 0.462. The third-order valence-corrected chi connectivity index (χ3v) is 4.12. The predicted octanol–water partition coefficient (Wildman–Crippen LogP) is 2.73. The van der Waals surface area contributed by atoms with Crippen LogP contribution in [0.1, 0.15) is 26.3 Å². The highest BCUT2D eigenvalue weighted by molar-refractivity contribution is 9.10. The minimum Gasteiger partial charge on any atom is -0.363 e. The smallest absolute Gasteiger partial charge is 0.246 e. The lowest BCUT2D eigenvalue weighted by Crippen LogP contribution is -2.64. The van der Waals surface area contributed by atoms with E-state index >= 15 is 0 Å². The second-order valence-electron chi connectivity index (χ2n) is 5.10. The van der Waals surface area contributed by atoms with Gasteiger partial charge >= 0.3 is 0 Å². The number of rotatable bonds is 1. The lowest BCUT2D eigenvalue weighted by atomic mass is 9.76. The number of amides is 1. The van der Waals surface area contributed by atoms with Crippen LogP contribution in [-0.4, -0.2) is 18.1 Å². The molecular weight excluding hydrogens is 301 g/mol. The molecule has 18 heavy (non-hydrogen) atoms. The van der Waals surface area contributed by atoms with Gasteiger partial charge in [0.1, 0.15) is 12.4 Å². The monoisotopic (exact) mass is 315 g/mol. The van der Waals surface area contributed by atoms with E-state index in [1.54, 1.807) is 19.1 Å². The minimum atomic E-state index is -0.907. The molecule has 0 spiro atoms. The minimum absolute atomic E-state index is 0.00177. The van der Waals surface area contributed by atoms with Crippen molar-refractivity contribution in [1.29, 1.82) is 0 Å². The van der Waals surface area contributed by atoms with E-state index in [-0.39, 0.29) is 18.3 Å². The van der Waals surface area contributed by atoms with Crippen LogP contribution in [0.3, 0.4) is 0 Å². The summed E-state index contributed by atoms with van der Waals surface area (Å²) < 4.78 is 20.4. The second-order valence-corrected chi connectivity index (χ2v) is 6.01. The molecule has 2 rings (SSSR count). The maximum atomic E-state index is 14.0. The van der Waals surface area contributed by atoms with Crippen molar-refractivity contribution < 1.29 is 13.9 Å². The average Bonchev–Trinajstić information content (AvgIpc) is 2.28. The van der Waals surface area contributed by atoms with Gasteiger partial charge in [0, 0.05) is 10.0 Å². The van der Waals surface area contributed by atoms with Crippen LogP contribution >= 0.6 is 15.9 Å². The summed E-state index contributed by atoms with van der Waals surface area (Å²) >= 11 is 3.32. The Bertz CT molecular complexity index is 504. The van der Waals surface area contributed by atoms with E-state index in [0.29, 0.717) is 5.56 Å². The van der Waals surface area contributed by atoms with E-state index in [1.165, 1.54) is 6.07 Å². The molecule has 1 fully saturated rings. The number of carbonyl (C=O) groups is 1. The predicted molar refractivity (Wildman–Crippen MR) is 69.6 cm³/mol. The van der Waals surface area contributed by atoms with Gasteiger partial charge in [0.25, 0.3) is 0 Å². The van der Waals surface area contributed by atoms with Crippen LogP contribution in [-0.2, 0) is 15.1 Å². The van der Waals surface area contributed by atoms with Crippen LogP contribution in [0, 0.1) is 5.82 Å². The number of nitrogens with one attached hydrogen (secondary N) is 1. The van der Waals surface area contributed by atoms with Crippen LogP contribution in [0.15, 0.2) is 22.7 Å². The standard InChI is InChI=1S/C13H15BrFNO2/c1-12(2)13(3,16-11(17)7-18-12)9-6-8(14)4-5-10(9)15/h4-6H,7H2,1-3H3,(H,16,17). The molecule has 1 aliphatic rings. The van der Waals surface area contributed by atoms with E-state index < -0.39 is 11.1 Å². The van der Waals surface area contributed by atoms with Gasteiger partial charge in [0.05, 0.1) is 11.1 Å². The highest BCUT2D eigenvalue weighted by Crippen LogP contribution is 2.39. The zero-order valence-corrected chi connectivity index (χ0v) is 12.1. The Morgan fingerprint density at radius 1 is 1.39 bits per heavy atom. The SMILES string of the molecule is CC1(C)OCC(=O)NC1(C)c1cc(Br)ccc1F. The second kappa shape index (κ2) is 4.31. The molecule has 1 unspecified atom stereocenters. The number of ether oxygens (including phenoxy) is 1. The summed E-state index contributed by atoms with van der Waals surface area (Å²) in [4.78, 5) is 11.6. The van der Waals surface area contributed by atoms with Gasteiger partial charge in [0.2, 0.25) is 5.91 Å². The number of hydrogen-bond acceptors (Lipinski definition) is 2. The molecule has 1 aromatic rings. The molecule has 1 saturated heterocycles. The normalized spacial score (nSPS) is 26.8. The largest absolute Gasteiger partial charge is 0.363 e. The van der Waals surface area contributed by atoms with E-state index in [4.69, 9.17) is 4.74 Å². The van der Waals surface area contributed by atoms with Gasteiger partial charge in [0.15, 0.2) is 0 Å². The van der Waals surface area contributed by atoms with Crippen LogP contribution in [0.2, 0.25) is 0 Å². The summed E-state index contributed by atoms with van der Waals surface area (Å²) in [6.45, 7) is 5.45. The molecule has 1 aromatic carbocycles. The summed E-state index contributed by atoms with van der Waals surface area (Å²) in [7, 11) is 0. The Labute approximate surface area is 114 Å². The van der Waals surface area contributed by atoms with Crippen molar-refractivity contribution in [3.05, 3.63) is 34.1 Å². The number of benzene rings is 1. The lowest BCUT2D eigenvalue weighted by Gasteiger charge is -2.48. The van der Waals surface area contributed by atoms with Crippen molar-refractivity contribution >= 4 is 21.8 Å². The van der Waals surface area contributed by atoms with Crippen molar-refractivity contribution in [2.24, 2.45) is 0 Å². The van der Waals surface area contributed by atoms with Gasteiger partial charge in [-0.1, -0.05) is 15.9 Å². The Morgan fingerprint density at radius 3 is 2.72 bits per heavy atom. The molecule has 98 valence electrons. The molecule has 1 atom stereocenters. The molecule has 1 aliphatic heterocycles. The van der Waals surface area contributed by atoms with E-state index in [9.17, 15) is 9.18 Å². The molecule has 1 N–H and O–H groups in total. The van der Waals surface area contributed by atoms with Gasteiger partial charge in [-0.3, -0.25) is 4.79 Å². The highest BCUT2D eigenvalue weighted by atomic mass is 79.9. The van der Waals surface area contributed by atoms with E-state index in [2.05, 4.69) is 21.2 Å². The Hall–Kier alpha value is -0.940. The van der Waals surface area contributed by atoms with E-state index in [1.807, 2.05) is 13.8 Å². The maximum Gasteiger partial charge on any atom is 0.246 e. The van der Waals surface area contributed by atoms with E-state index in [0.717, 1.165) is 4.47 Å². The summed E-state index contributed by atoms with van der Waals surface area (Å²) in [5.41, 5.74) is -1.19. The zero-order valence-electron chi connectivity index (χ0n) is 10.5. The third kappa shape index (κ3) is 2.06. The number of carbonyl (C=O) groups excluding carboxylic acids is 1. The highest BCUT2D eigenvalue weighted by Gasteiger charge is 2.49. The topological polar surface area (TPSA) is 38.3 Å². The number of morpholine rings is 1. The first-order valence-corrected chi connectivity index (χ1v) is 6.46. The van der Waals surface area contributed by atoms with Crippen molar-refractivity contribution in [1.82, 2.24) is 5.32 Å². The first-order valence-electron chi connectivity index (χ1n) is 5.67. The van der Waals surface area contributed by atoms with Gasteiger partial charge in [-0.05, 0) is 39.0 Å². The van der Waals surface area contributed by atoms with Crippen LogP contribution in [0.4, 0.5) is 4.39 Å². The van der Waals surface area contributed by atoms with Crippen molar-refractivity contribution in [2.45, 2.75) is 31.9 Å². The molecular formula is C13H15BrFNO2.